The number of aromatic hydroxyl groups is 1. The molecule has 8 nitrogen and oxygen atoms in total. The quantitative estimate of drug-likeness (QED) is 0.147. The molecule has 2 bridgehead atoms. The normalized spacial score (nSPS) is 28.3. The second-order valence-electron chi connectivity index (χ2n) is 16.7. The van der Waals surface area contributed by atoms with Crippen molar-refractivity contribution in [2.45, 2.75) is 57.8 Å². The van der Waals surface area contributed by atoms with Gasteiger partial charge in [0.05, 0.1) is 11.0 Å². The second-order valence-corrected chi connectivity index (χ2v) is 16.7. The number of aliphatic hydroxyl groups excluding tert-OH is 2. The van der Waals surface area contributed by atoms with Crippen LogP contribution in [0, 0.1) is 40.9 Å². The van der Waals surface area contributed by atoms with Crippen molar-refractivity contribution in [1.29, 1.82) is 0 Å². The molecule has 4 N–H and O–H groups in total. The zero-order chi connectivity index (χ0) is 38.4. The number of benzene rings is 3. The predicted octanol–water partition coefficient (Wildman–Crippen LogP) is 7.67. The van der Waals surface area contributed by atoms with Crippen molar-refractivity contribution in [2.24, 2.45) is 40.9 Å². The Morgan fingerprint density at radius 1 is 0.857 bits per heavy atom. The molecule has 0 aromatic heterocycles. The number of carbonyl (C=O) groups excluding carboxylic acids is 2. The molecular weight excluding hydrogens is 703 g/mol. The molecule has 4 aliphatic carbocycles. The van der Waals surface area contributed by atoms with E-state index < -0.39 is 11.4 Å². The third-order valence-corrected chi connectivity index (χ3v) is 13.8. The number of aliphatic hydroxyl groups is 2. The molecule has 3 aromatic rings. The largest absolute Gasteiger partial charge is 0.508 e. The van der Waals surface area contributed by atoms with Crippen LogP contribution in [0.1, 0.15) is 62.5 Å². The van der Waals surface area contributed by atoms with Crippen molar-refractivity contribution < 1.29 is 34.4 Å². The number of hydrogen-bond donors (Lipinski definition) is 4. The fourth-order valence-corrected chi connectivity index (χ4v) is 11.4. The van der Waals surface area contributed by atoms with Crippen molar-refractivity contribution >= 4 is 17.5 Å². The van der Waals surface area contributed by atoms with Crippen LogP contribution in [0.5, 0.6) is 5.75 Å². The standard InChI is InChI=1S/C48H51NO7/c50-24-20-30(25-29-7-3-1-4-8-29)26-41-48-21-17-36(42(45(48)47(54)56-41)39-27-34(52)12-13-35(39)32-9-5-2-6-10-32)37-14-15-38-40(55-46(53)43(38)44(37)48)16-11-33(28-51)31-18-22-49-23-19-31/h1-10,12-13,16,26-27,30-31,33,36-37,44,49-52H,11,14-15,17-25,28H2/b40-16?,41-26-/t30-,33+,36+,37-,44+,48+/m0/s1. The van der Waals surface area contributed by atoms with Crippen LogP contribution in [0.25, 0.3) is 16.7 Å². The lowest BCUT2D eigenvalue weighted by atomic mass is 9.44. The molecule has 3 fully saturated rings. The lowest BCUT2D eigenvalue weighted by Crippen LogP contribution is -2.52. The molecule has 10 rings (SSSR count). The monoisotopic (exact) mass is 753 g/mol. The summed E-state index contributed by atoms with van der Waals surface area (Å²) in [6, 6.07) is 25.7. The first kappa shape index (κ1) is 36.9. The Hall–Kier alpha value is -4.76. The fourth-order valence-electron chi connectivity index (χ4n) is 11.4. The summed E-state index contributed by atoms with van der Waals surface area (Å²) in [6.45, 7) is 1.97. The number of nitrogens with one attached hydrogen (secondary N) is 1. The van der Waals surface area contributed by atoms with Crippen LogP contribution in [0.4, 0.5) is 0 Å². The van der Waals surface area contributed by atoms with E-state index in [0.29, 0.717) is 60.7 Å². The Bertz CT molecular complexity index is 2130. The van der Waals surface area contributed by atoms with Gasteiger partial charge in [0.1, 0.15) is 17.3 Å². The molecule has 56 heavy (non-hydrogen) atoms. The average molecular weight is 754 g/mol. The number of piperidine rings is 1. The van der Waals surface area contributed by atoms with Gasteiger partial charge >= 0.3 is 11.9 Å². The minimum atomic E-state index is -0.923. The third kappa shape index (κ3) is 6.27. The highest BCUT2D eigenvalue weighted by atomic mass is 16.5. The zero-order valence-corrected chi connectivity index (χ0v) is 31.8. The van der Waals surface area contributed by atoms with Gasteiger partial charge in [-0.2, -0.15) is 0 Å². The van der Waals surface area contributed by atoms with Gasteiger partial charge < -0.3 is 30.1 Å². The number of allylic oxidation sites excluding steroid dienone is 5. The summed E-state index contributed by atoms with van der Waals surface area (Å²) in [7, 11) is 0. The van der Waals surface area contributed by atoms with Crippen molar-refractivity contribution in [3.05, 3.63) is 130 Å². The summed E-state index contributed by atoms with van der Waals surface area (Å²) < 4.78 is 12.7. The van der Waals surface area contributed by atoms with Gasteiger partial charge in [-0.15, -0.1) is 0 Å². The molecule has 6 atom stereocenters. The molecule has 290 valence electrons. The van der Waals surface area contributed by atoms with Crippen molar-refractivity contribution in [1.82, 2.24) is 5.32 Å². The number of fused-ring (bicyclic) bond motifs is 1. The van der Waals surface area contributed by atoms with E-state index in [1.54, 1.807) is 12.1 Å². The number of esters is 2. The van der Waals surface area contributed by atoms with E-state index >= 15 is 0 Å². The first-order valence-electron chi connectivity index (χ1n) is 20.6. The lowest BCUT2D eigenvalue weighted by Gasteiger charge is -2.56. The second kappa shape index (κ2) is 15.3. The van der Waals surface area contributed by atoms with Crippen molar-refractivity contribution in [2.75, 3.05) is 26.3 Å². The minimum absolute atomic E-state index is 0.0178. The SMILES string of the molecule is O=C1OC(=CC[C@H](CO)C2CCNCC2)C2=C1[C@H]1[C@@H](CC2)[C@H]2CC[C@]13C(=C2c1cc(O)ccc1-c1ccccc1)C(=O)O/C3=C\[C@@H](CCO)Cc1ccccc1. The molecule has 2 saturated heterocycles. The van der Waals surface area contributed by atoms with E-state index in [1.165, 1.54) is 0 Å². The third-order valence-electron chi connectivity index (χ3n) is 13.8. The first-order valence-corrected chi connectivity index (χ1v) is 20.6. The van der Waals surface area contributed by atoms with Crippen LogP contribution in [0.2, 0.25) is 0 Å². The van der Waals surface area contributed by atoms with E-state index in [-0.39, 0.29) is 54.5 Å². The maximum atomic E-state index is 14.7. The van der Waals surface area contributed by atoms with E-state index in [1.807, 2.05) is 48.5 Å². The number of phenols is 1. The summed E-state index contributed by atoms with van der Waals surface area (Å²) in [6.07, 6.45) is 10.9. The van der Waals surface area contributed by atoms with Crippen LogP contribution >= 0.6 is 0 Å². The van der Waals surface area contributed by atoms with Crippen LogP contribution in [-0.2, 0) is 25.5 Å². The summed E-state index contributed by atoms with van der Waals surface area (Å²) in [5.41, 5.74) is 6.07. The number of cyclic esters (lactones) is 2. The molecule has 3 heterocycles. The Morgan fingerprint density at radius 2 is 1.62 bits per heavy atom. The van der Waals surface area contributed by atoms with Gasteiger partial charge in [0, 0.05) is 30.3 Å². The van der Waals surface area contributed by atoms with Crippen molar-refractivity contribution in [3.63, 3.8) is 0 Å². The number of rotatable bonds is 11. The van der Waals surface area contributed by atoms with Crippen LogP contribution < -0.4 is 5.32 Å². The number of hydrogen-bond acceptors (Lipinski definition) is 8. The summed E-state index contributed by atoms with van der Waals surface area (Å²) >= 11 is 0. The molecule has 1 spiro atoms. The average Bonchev–Trinajstić information content (AvgIpc) is 3.71. The van der Waals surface area contributed by atoms with Crippen molar-refractivity contribution in [3.8, 4) is 16.9 Å². The molecule has 3 aliphatic heterocycles. The van der Waals surface area contributed by atoms with Gasteiger partial charge in [-0.1, -0.05) is 66.7 Å². The zero-order valence-electron chi connectivity index (χ0n) is 31.8. The van der Waals surface area contributed by atoms with Gasteiger partial charge in [-0.05, 0) is 153 Å². The molecule has 0 amide bonds. The van der Waals surface area contributed by atoms with Gasteiger partial charge in [-0.3, -0.25) is 0 Å². The summed E-state index contributed by atoms with van der Waals surface area (Å²) in [5.74, 6) is 0.606. The highest BCUT2D eigenvalue weighted by Crippen LogP contribution is 2.72. The lowest BCUT2D eigenvalue weighted by molar-refractivity contribution is -0.135. The molecule has 1 saturated carbocycles. The maximum absolute atomic E-state index is 14.7. The molecular formula is C48H51NO7. The Kier molecular flexibility index (Phi) is 10.1. The molecule has 7 aliphatic rings. The predicted molar refractivity (Wildman–Crippen MR) is 213 cm³/mol. The van der Waals surface area contributed by atoms with E-state index in [2.05, 4.69) is 35.7 Å². The van der Waals surface area contributed by atoms with E-state index in [4.69, 9.17) is 9.47 Å². The fraction of sp³-hybridized carbons (Fsp3) is 0.417. The Morgan fingerprint density at radius 3 is 2.38 bits per heavy atom. The summed E-state index contributed by atoms with van der Waals surface area (Å²) in [5, 5.41) is 35.1. The molecule has 8 heteroatoms. The highest BCUT2D eigenvalue weighted by molar-refractivity contribution is 6.07. The number of phenolic OH excluding ortho intramolecular Hbond substituents is 1. The number of carbonyl (C=O) groups is 2. The smallest absolute Gasteiger partial charge is 0.340 e. The molecule has 3 aromatic carbocycles. The molecule has 0 radical (unpaired) electrons. The Labute approximate surface area is 328 Å². The van der Waals surface area contributed by atoms with E-state index in [0.717, 1.165) is 72.2 Å². The van der Waals surface area contributed by atoms with Gasteiger partial charge in [0.15, 0.2) is 0 Å². The minimum Gasteiger partial charge on any atom is -0.508 e. The van der Waals surface area contributed by atoms with Crippen LogP contribution in [0.15, 0.2) is 119 Å². The first-order chi connectivity index (χ1) is 27.4. The van der Waals surface area contributed by atoms with E-state index in [9.17, 15) is 24.9 Å². The summed E-state index contributed by atoms with van der Waals surface area (Å²) in [4.78, 5) is 29.0. The topological polar surface area (TPSA) is 125 Å². The van der Waals surface area contributed by atoms with Crippen LogP contribution in [0.3, 0.4) is 0 Å². The van der Waals surface area contributed by atoms with Gasteiger partial charge in [-0.25, -0.2) is 9.59 Å². The molecule has 0 unspecified atom stereocenters. The van der Waals surface area contributed by atoms with Crippen LogP contribution in [-0.4, -0.2) is 53.6 Å². The number of ether oxygens (including phenoxy) is 2. The maximum Gasteiger partial charge on any atom is 0.340 e. The highest BCUT2D eigenvalue weighted by Gasteiger charge is 2.68. The van der Waals surface area contributed by atoms with Gasteiger partial charge in [0.2, 0.25) is 0 Å². The van der Waals surface area contributed by atoms with Gasteiger partial charge in [0.25, 0.3) is 0 Å². The Balaban J connectivity index is 1.21.